The summed E-state index contributed by atoms with van der Waals surface area (Å²) in [6.45, 7) is 18.7. The molecule has 25 heavy (non-hydrogen) atoms. The van der Waals surface area contributed by atoms with Crippen molar-refractivity contribution in [3.05, 3.63) is 12.2 Å². The summed E-state index contributed by atoms with van der Waals surface area (Å²) in [5.74, 6) is 0. The first-order chi connectivity index (χ1) is 11.4. The quantitative estimate of drug-likeness (QED) is 0.128. The van der Waals surface area contributed by atoms with Crippen molar-refractivity contribution in [2.45, 2.75) is 52.1 Å². The molecule has 0 rings (SSSR count). The number of hydrogen-bond donors (Lipinski definition) is 3. The highest BCUT2D eigenvalue weighted by molar-refractivity contribution is 8.11. The van der Waals surface area contributed by atoms with Crippen LogP contribution in [0.5, 0.6) is 0 Å². The van der Waals surface area contributed by atoms with Gasteiger partial charge >= 0.3 is 0 Å². The average molecular weight is 439 g/mol. The smallest absolute Gasteiger partial charge is 0.133 e. The zero-order valence-electron chi connectivity index (χ0n) is 16.3. The topological polar surface area (TPSA) is 15.3 Å². The molecule has 0 aromatic carbocycles. The third-order valence-corrected chi connectivity index (χ3v) is 6.62. The molecule has 0 heterocycles. The average Bonchev–Trinajstić information content (AvgIpc) is 2.45. The van der Waals surface area contributed by atoms with Crippen LogP contribution in [0.1, 0.15) is 46.5 Å². The van der Waals surface area contributed by atoms with Crippen LogP contribution in [0, 0.1) is 5.41 Å². The van der Waals surface area contributed by atoms with Crippen molar-refractivity contribution in [1.29, 1.82) is 0 Å². The van der Waals surface area contributed by atoms with Crippen LogP contribution in [0.2, 0.25) is 0 Å². The van der Waals surface area contributed by atoms with E-state index in [0.717, 1.165) is 38.9 Å². The van der Waals surface area contributed by atoms with Gasteiger partial charge in [-0.3, -0.25) is 0 Å². The standard InChI is InChI=1S/C18H35N2PS4/c1-14(15(21(5)6)13-18(2,3)4)9-7-11-20(17(24)25)12-8-10-19-16(22)23/h15H,1,7-13H2,2-6H3,(H,24,25)(H2,19,22,23). The van der Waals surface area contributed by atoms with Crippen LogP contribution < -0.4 is 5.32 Å². The summed E-state index contributed by atoms with van der Waals surface area (Å²) in [6.07, 6.45) is 4.31. The number of nitrogens with one attached hydrogen (secondary N) is 1. The van der Waals surface area contributed by atoms with Gasteiger partial charge in [0.15, 0.2) is 0 Å². The highest BCUT2D eigenvalue weighted by atomic mass is 32.1. The number of rotatable bonds is 11. The lowest BCUT2D eigenvalue weighted by atomic mass is 9.87. The minimum absolute atomic E-state index is 0.0116. The molecule has 0 fully saturated rings. The van der Waals surface area contributed by atoms with Gasteiger partial charge in [-0.1, -0.05) is 57.4 Å². The summed E-state index contributed by atoms with van der Waals surface area (Å²) in [6, 6.07) is 0. The van der Waals surface area contributed by atoms with E-state index in [-0.39, 0.29) is 7.92 Å². The number of allylic oxidation sites excluding steroid dienone is 1. The number of thiocarbonyl (C=S) groups is 2. The molecule has 1 atom stereocenters. The second-order valence-electron chi connectivity index (χ2n) is 7.86. The molecule has 0 radical (unpaired) electrons. The largest absolute Gasteiger partial charge is 0.371 e. The van der Waals surface area contributed by atoms with Crippen molar-refractivity contribution in [2.75, 3.05) is 33.0 Å². The Labute approximate surface area is 178 Å². The molecule has 0 aliphatic rings. The minimum Gasteiger partial charge on any atom is -0.371 e. The molecule has 0 saturated carbocycles. The number of nitrogens with zero attached hydrogens (tertiary/aromatic N) is 1. The summed E-state index contributed by atoms with van der Waals surface area (Å²) in [5.41, 5.74) is 2.39. The van der Waals surface area contributed by atoms with E-state index in [2.05, 4.69) is 76.2 Å². The van der Waals surface area contributed by atoms with Crippen molar-refractivity contribution in [3.63, 3.8) is 0 Å². The van der Waals surface area contributed by atoms with Gasteiger partial charge in [0.25, 0.3) is 0 Å². The lowest BCUT2D eigenvalue weighted by molar-refractivity contribution is 0.376. The summed E-state index contributed by atoms with van der Waals surface area (Å²) in [7, 11) is -0.0116. The van der Waals surface area contributed by atoms with Gasteiger partial charge < -0.3 is 10.2 Å². The fourth-order valence-electron chi connectivity index (χ4n) is 2.70. The van der Waals surface area contributed by atoms with E-state index in [1.54, 1.807) is 0 Å². The molecule has 0 aliphatic carbocycles. The summed E-state index contributed by atoms with van der Waals surface area (Å²) in [4.78, 5) is 2.16. The van der Waals surface area contributed by atoms with E-state index in [1.807, 2.05) is 0 Å². The predicted octanol–water partition coefficient (Wildman–Crippen LogP) is 5.58. The van der Waals surface area contributed by atoms with Crippen molar-refractivity contribution in [1.82, 2.24) is 10.2 Å². The minimum atomic E-state index is -0.0116. The Morgan fingerprint density at radius 1 is 1.16 bits per heavy atom. The van der Waals surface area contributed by atoms with E-state index in [0.29, 0.717) is 19.7 Å². The van der Waals surface area contributed by atoms with Gasteiger partial charge in [-0.2, -0.15) is 0 Å². The van der Waals surface area contributed by atoms with Crippen molar-refractivity contribution in [2.24, 2.45) is 5.41 Å². The third kappa shape index (κ3) is 13.5. The van der Waals surface area contributed by atoms with Crippen molar-refractivity contribution < 1.29 is 0 Å². The molecule has 0 spiro atoms. The van der Waals surface area contributed by atoms with Gasteiger partial charge in [0.1, 0.15) is 8.64 Å². The Hall–Kier alpha value is 0.650. The molecule has 0 aromatic heterocycles. The third-order valence-electron chi connectivity index (χ3n) is 3.98. The maximum atomic E-state index is 5.27. The summed E-state index contributed by atoms with van der Waals surface area (Å²) in [5, 5.41) is 3.05. The van der Waals surface area contributed by atoms with E-state index in [4.69, 9.17) is 24.4 Å². The van der Waals surface area contributed by atoms with Crippen LogP contribution >= 0.6 is 57.6 Å². The van der Waals surface area contributed by atoms with Gasteiger partial charge in [-0.05, 0) is 50.1 Å². The number of hydrogen-bond acceptors (Lipinski definition) is 2. The lowest BCUT2D eigenvalue weighted by Crippen LogP contribution is -2.31. The van der Waals surface area contributed by atoms with Gasteiger partial charge in [0, 0.05) is 19.6 Å². The van der Waals surface area contributed by atoms with Crippen LogP contribution in [0.4, 0.5) is 0 Å². The molecule has 2 nitrogen and oxygen atoms in total. The first-order valence-corrected chi connectivity index (χ1v) is 12.7. The van der Waals surface area contributed by atoms with E-state index in [1.165, 1.54) is 12.0 Å². The molecule has 1 unspecified atom stereocenters. The normalized spacial score (nSPS) is 12.8. The monoisotopic (exact) mass is 438 g/mol. The van der Waals surface area contributed by atoms with Crippen LogP contribution in [0.3, 0.4) is 0 Å². The first kappa shape index (κ1) is 25.6. The van der Waals surface area contributed by atoms with Gasteiger partial charge in [0.2, 0.25) is 0 Å². The maximum absolute atomic E-state index is 5.27. The van der Waals surface area contributed by atoms with Crippen molar-refractivity contribution >= 4 is 66.3 Å². The molecule has 0 aliphatic heterocycles. The second-order valence-corrected chi connectivity index (χ2v) is 12.7. The Bertz CT molecular complexity index is 447. The lowest BCUT2D eigenvalue weighted by Gasteiger charge is -2.31. The molecular formula is C18H35N2PS4. The zero-order chi connectivity index (χ0) is 19.6. The van der Waals surface area contributed by atoms with E-state index >= 15 is 0 Å². The molecule has 0 bridgehead atoms. The van der Waals surface area contributed by atoms with Crippen molar-refractivity contribution in [3.8, 4) is 0 Å². The highest BCUT2D eigenvalue weighted by Gasteiger charge is 2.23. The first-order valence-electron chi connectivity index (χ1n) is 8.73. The van der Waals surface area contributed by atoms with Crippen LogP contribution in [0.15, 0.2) is 12.2 Å². The Kier molecular flexibility index (Phi) is 13.3. The molecule has 7 heteroatoms. The molecule has 0 saturated heterocycles. The Balaban J connectivity index is 4.38. The molecule has 0 aromatic rings. The number of thiol groups is 2. The molecule has 1 N–H and O–H groups in total. The zero-order valence-corrected chi connectivity index (χ0v) is 20.7. The summed E-state index contributed by atoms with van der Waals surface area (Å²) >= 11 is 18.6. The Morgan fingerprint density at radius 2 is 1.72 bits per heavy atom. The van der Waals surface area contributed by atoms with Crippen LogP contribution in [0.25, 0.3) is 0 Å². The predicted molar refractivity (Wildman–Crippen MR) is 132 cm³/mol. The summed E-state index contributed by atoms with van der Waals surface area (Å²) < 4.78 is 1.20. The van der Waals surface area contributed by atoms with Gasteiger partial charge in [-0.15, -0.1) is 33.2 Å². The van der Waals surface area contributed by atoms with Gasteiger partial charge in [0.05, 0.1) is 0 Å². The highest BCUT2D eigenvalue weighted by Crippen LogP contribution is 2.44. The molecule has 146 valence electrons. The molecular weight excluding hydrogens is 403 g/mol. The SMILES string of the molecule is C=C(CCCN(CCCNC(=S)S)C(=S)S)C(CC(C)(C)C)P(C)C. The fourth-order valence-corrected chi connectivity index (χ4v) is 5.07. The fraction of sp³-hybridized carbons (Fsp3) is 0.778. The Morgan fingerprint density at radius 3 is 2.16 bits per heavy atom. The van der Waals surface area contributed by atoms with Crippen LogP contribution in [-0.4, -0.2) is 52.2 Å². The van der Waals surface area contributed by atoms with E-state index < -0.39 is 0 Å². The van der Waals surface area contributed by atoms with Crippen LogP contribution in [-0.2, 0) is 0 Å². The van der Waals surface area contributed by atoms with Gasteiger partial charge in [-0.25, -0.2) is 0 Å². The maximum Gasteiger partial charge on any atom is 0.133 e. The van der Waals surface area contributed by atoms with E-state index in [9.17, 15) is 0 Å². The second kappa shape index (κ2) is 12.9. The molecule has 0 amide bonds.